The first-order valence-corrected chi connectivity index (χ1v) is 10.1. The van der Waals surface area contributed by atoms with E-state index in [4.69, 9.17) is 23.2 Å². The number of anilines is 2. The summed E-state index contributed by atoms with van der Waals surface area (Å²) in [5.41, 5.74) is 3.11. The fourth-order valence-corrected chi connectivity index (χ4v) is 3.82. The molecule has 2 aromatic rings. The molecule has 0 spiro atoms. The Kier molecular flexibility index (Phi) is 8.62. The first-order chi connectivity index (χ1) is 13.8. The van der Waals surface area contributed by atoms with Crippen molar-refractivity contribution in [3.8, 4) is 0 Å². The highest BCUT2D eigenvalue weighted by Gasteiger charge is 2.17. The van der Waals surface area contributed by atoms with Crippen LogP contribution < -0.4 is 5.32 Å². The number of thioether (sulfide) groups is 1. The van der Waals surface area contributed by atoms with Crippen LogP contribution in [0.4, 0.5) is 11.4 Å². The number of aryl methyl sites for hydroxylation is 1. The SMILES string of the molecule is Cc1ccc(Cl)c(Nc2ccccc2CSCC(CO[N+](=O)[O-])O[N+](=O)[O-])c1Cl. The first kappa shape index (κ1) is 22.9. The van der Waals surface area contributed by atoms with Crippen molar-refractivity contribution in [1.29, 1.82) is 0 Å². The molecule has 12 heteroatoms. The Balaban J connectivity index is 2.06. The van der Waals surface area contributed by atoms with E-state index in [9.17, 15) is 20.2 Å². The summed E-state index contributed by atoms with van der Waals surface area (Å²) in [6.07, 6.45) is -1.07. The minimum absolute atomic E-state index is 0.120. The van der Waals surface area contributed by atoms with Crippen LogP contribution >= 0.6 is 35.0 Å². The van der Waals surface area contributed by atoms with Gasteiger partial charge in [0.2, 0.25) is 0 Å². The summed E-state index contributed by atoms with van der Waals surface area (Å²) in [7, 11) is 0. The number of halogens is 2. The molecule has 1 N–H and O–H groups in total. The third-order valence-corrected chi connectivity index (χ3v) is 5.65. The second kappa shape index (κ2) is 10.9. The van der Waals surface area contributed by atoms with Crippen LogP contribution in [0.15, 0.2) is 36.4 Å². The zero-order valence-electron chi connectivity index (χ0n) is 15.2. The number of nitrogens with zero attached hydrogens (tertiary/aromatic N) is 2. The first-order valence-electron chi connectivity index (χ1n) is 8.23. The van der Waals surface area contributed by atoms with E-state index in [0.717, 1.165) is 16.8 Å². The van der Waals surface area contributed by atoms with E-state index in [1.54, 1.807) is 6.07 Å². The summed E-state index contributed by atoms with van der Waals surface area (Å²) in [5, 5.41) is 23.1. The topological polar surface area (TPSA) is 117 Å². The van der Waals surface area contributed by atoms with E-state index in [0.29, 0.717) is 21.5 Å². The predicted octanol–water partition coefficient (Wildman–Crippen LogP) is 5.06. The van der Waals surface area contributed by atoms with Crippen LogP contribution in [0, 0.1) is 27.2 Å². The molecule has 0 fully saturated rings. The zero-order chi connectivity index (χ0) is 21.4. The highest BCUT2D eigenvalue weighted by molar-refractivity contribution is 7.98. The van der Waals surface area contributed by atoms with Gasteiger partial charge in [0.25, 0.3) is 10.2 Å². The van der Waals surface area contributed by atoms with Crippen molar-refractivity contribution < 1.29 is 19.8 Å². The minimum Gasteiger partial charge on any atom is -0.353 e. The lowest BCUT2D eigenvalue weighted by Crippen LogP contribution is -2.26. The molecular weight excluding hydrogens is 445 g/mol. The molecule has 2 rings (SSSR count). The molecule has 0 heterocycles. The van der Waals surface area contributed by atoms with E-state index in [1.807, 2.05) is 37.3 Å². The number of rotatable bonds is 11. The molecule has 0 radical (unpaired) electrons. The molecule has 0 aliphatic carbocycles. The van der Waals surface area contributed by atoms with Crippen LogP contribution in [0.25, 0.3) is 0 Å². The molecule has 0 saturated heterocycles. The average molecular weight is 462 g/mol. The predicted molar refractivity (Wildman–Crippen MR) is 112 cm³/mol. The van der Waals surface area contributed by atoms with Gasteiger partial charge in [-0.3, -0.25) is 0 Å². The maximum Gasteiger partial charge on any atom is 0.294 e. The molecule has 156 valence electrons. The second-order valence-corrected chi connectivity index (χ2v) is 7.64. The van der Waals surface area contributed by atoms with Crippen molar-refractivity contribution in [2.75, 3.05) is 17.7 Å². The molecule has 0 aromatic heterocycles. The third-order valence-electron chi connectivity index (χ3n) is 3.72. The van der Waals surface area contributed by atoms with Crippen LogP contribution in [-0.4, -0.2) is 28.6 Å². The highest BCUT2D eigenvalue weighted by Crippen LogP contribution is 2.36. The van der Waals surface area contributed by atoms with E-state index >= 15 is 0 Å². The second-order valence-electron chi connectivity index (χ2n) is 5.82. The van der Waals surface area contributed by atoms with Gasteiger partial charge in [-0.05, 0) is 30.2 Å². The molecule has 9 nitrogen and oxygen atoms in total. The summed E-state index contributed by atoms with van der Waals surface area (Å²) in [5.74, 6) is 0.579. The average Bonchev–Trinajstić information content (AvgIpc) is 2.67. The molecule has 0 saturated carbocycles. The Bertz CT molecular complexity index is 886. The summed E-state index contributed by atoms with van der Waals surface area (Å²) in [6, 6.07) is 11.0. The van der Waals surface area contributed by atoms with Gasteiger partial charge in [-0.2, -0.15) is 11.8 Å². The number of nitrogens with one attached hydrogen (secondary N) is 1. The molecule has 0 bridgehead atoms. The van der Waals surface area contributed by atoms with Crippen molar-refractivity contribution in [2.24, 2.45) is 0 Å². The highest BCUT2D eigenvalue weighted by atomic mass is 35.5. The Hall–Kier alpha value is -2.43. The van der Waals surface area contributed by atoms with Crippen LogP contribution in [0.5, 0.6) is 0 Å². The van der Waals surface area contributed by atoms with Gasteiger partial charge in [0.15, 0.2) is 0 Å². The zero-order valence-corrected chi connectivity index (χ0v) is 17.5. The van der Waals surface area contributed by atoms with Crippen molar-refractivity contribution in [3.63, 3.8) is 0 Å². The minimum atomic E-state index is -1.07. The van der Waals surface area contributed by atoms with Gasteiger partial charge in [0, 0.05) is 17.2 Å². The molecule has 2 aromatic carbocycles. The molecule has 0 amide bonds. The molecule has 29 heavy (non-hydrogen) atoms. The van der Waals surface area contributed by atoms with Gasteiger partial charge >= 0.3 is 0 Å². The van der Waals surface area contributed by atoms with Gasteiger partial charge in [-0.25, -0.2) is 0 Å². The molecule has 0 aliphatic rings. The quantitative estimate of drug-likeness (QED) is 0.364. The van der Waals surface area contributed by atoms with Crippen molar-refractivity contribution in [3.05, 3.63) is 77.8 Å². The third kappa shape index (κ3) is 7.15. The van der Waals surface area contributed by atoms with E-state index < -0.39 is 22.9 Å². The normalized spacial score (nSPS) is 11.6. The fraction of sp³-hybridized carbons (Fsp3) is 0.294. The Labute approximate surface area is 180 Å². The Morgan fingerprint density at radius 2 is 1.86 bits per heavy atom. The monoisotopic (exact) mass is 461 g/mol. The maximum atomic E-state index is 10.5. The van der Waals surface area contributed by atoms with E-state index in [2.05, 4.69) is 15.0 Å². The van der Waals surface area contributed by atoms with Gasteiger partial charge in [0.05, 0.1) is 15.7 Å². The smallest absolute Gasteiger partial charge is 0.294 e. The van der Waals surface area contributed by atoms with Crippen LogP contribution in [0.3, 0.4) is 0 Å². The number of benzene rings is 2. The summed E-state index contributed by atoms with van der Waals surface area (Å²) >= 11 is 13.9. The van der Waals surface area contributed by atoms with Crippen LogP contribution in [0.1, 0.15) is 11.1 Å². The van der Waals surface area contributed by atoms with Gasteiger partial charge in [-0.15, -0.1) is 20.2 Å². The van der Waals surface area contributed by atoms with Gasteiger partial charge < -0.3 is 15.0 Å². The van der Waals surface area contributed by atoms with E-state index in [1.165, 1.54) is 11.8 Å². The standard InChI is InChI=1S/C17H17Cl2N3O6S/c1-11-6-7-14(18)17(16(11)19)20-15-5-3-2-4-12(15)9-29-10-13(28-22(25)26)8-27-21(23)24/h2-7,13,20H,8-10H2,1H3. The molecule has 0 aliphatic heterocycles. The van der Waals surface area contributed by atoms with Crippen LogP contribution in [-0.2, 0) is 15.4 Å². The lowest BCUT2D eigenvalue weighted by Gasteiger charge is -2.16. The van der Waals surface area contributed by atoms with Gasteiger partial charge in [-0.1, -0.05) is 47.5 Å². The number of hydrogen-bond donors (Lipinski definition) is 1. The maximum absolute atomic E-state index is 10.5. The molecule has 1 unspecified atom stereocenters. The number of hydrogen-bond acceptors (Lipinski definition) is 8. The van der Waals surface area contributed by atoms with Crippen molar-refractivity contribution in [1.82, 2.24) is 0 Å². The van der Waals surface area contributed by atoms with Crippen LogP contribution in [0.2, 0.25) is 10.0 Å². The van der Waals surface area contributed by atoms with E-state index in [-0.39, 0.29) is 5.75 Å². The lowest BCUT2D eigenvalue weighted by atomic mass is 10.1. The summed E-state index contributed by atoms with van der Waals surface area (Å²) in [6.45, 7) is 1.34. The lowest BCUT2D eigenvalue weighted by molar-refractivity contribution is -0.788. The van der Waals surface area contributed by atoms with Crippen molar-refractivity contribution in [2.45, 2.75) is 18.8 Å². The fourth-order valence-electron chi connectivity index (χ4n) is 2.35. The molecule has 1 atom stereocenters. The Morgan fingerprint density at radius 3 is 2.55 bits per heavy atom. The van der Waals surface area contributed by atoms with Gasteiger partial charge in [0.1, 0.15) is 12.7 Å². The summed E-state index contributed by atoms with van der Waals surface area (Å²) in [4.78, 5) is 29.5. The molecular formula is C17H17Cl2N3O6S. The van der Waals surface area contributed by atoms with Crippen molar-refractivity contribution >= 4 is 46.3 Å². The largest absolute Gasteiger partial charge is 0.353 e. The summed E-state index contributed by atoms with van der Waals surface area (Å²) < 4.78 is 0. The Morgan fingerprint density at radius 1 is 1.14 bits per heavy atom. The number of para-hydroxylation sites is 1.